The monoisotopic (exact) mass is 518 g/mol. The van der Waals surface area contributed by atoms with E-state index >= 15 is 0 Å². The fourth-order valence-corrected chi connectivity index (χ4v) is 2.14. The Bertz CT molecular complexity index is 524. The average Bonchev–Trinajstić information content (AvgIpc) is 2.66. The minimum Gasteiger partial charge on any atom is -0.481 e. The maximum absolute atomic E-state index is 10.1. The Morgan fingerprint density at radius 2 is 0.765 bits per heavy atom. The molecule has 0 aromatic heterocycles. The van der Waals surface area contributed by atoms with Gasteiger partial charge < -0.3 is 20.4 Å². The van der Waals surface area contributed by atoms with E-state index < -0.39 is 34.0 Å². The van der Waals surface area contributed by atoms with Crippen LogP contribution in [0.25, 0.3) is 0 Å². The molecule has 206 valence electrons. The van der Waals surface area contributed by atoms with Crippen LogP contribution in [0.2, 0.25) is 0 Å². The second-order valence-electron chi connectivity index (χ2n) is 6.92. The molecule has 11 nitrogen and oxygen atoms in total. The van der Waals surface area contributed by atoms with Gasteiger partial charge in [-0.25, -0.2) is 0 Å². The SMILES string of the molecule is CCCC(=O)O.CCCC(=O)O.CCCC(=O)O.CCCC(=O)O.CCCCCCS(=O)(=O)O. The summed E-state index contributed by atoms with van der Waals surface area (Å²) in [6, 6.07) is 0. The summed E-state index contributed by atoms with van der Waals surface area (Å²) >= 11 is 0. The highest BCUT2D eigenvalue weighted by Gasteiger charge is 2.01. The maximum atomic E-state index is 10.1. The first-order valence-electron chi connectivity index (χ1n) is 11.5. The molecule has 0 aliphatic rings. The van der Waals surface area contributed by atoms with Crippen molar-refractivity contribution in [2.75, 3.05) is 5.75 Å². The second kappa shape index (κ2) is 33.0. The molecule has 0 amide bonds. The van der Waals surface area contributed by atoms with E-state index in [9.17, 15) is 27.6 Å². The third-order valence-electron chi connectivity index (χ3n) is 3.11. The predicted octanol–water partition coefficient (Wildman–Crippen LogP) is 4.94. The number of carboxylic acids is 4. The van der Waals surface area contributed by atoms with E-state index in [4.69, 9.17) is 25.0 Å². The van der Waals surface area contributed by atoms with Crippen molar-refractivity contribution in [3.05, 3.63) is 0 Å². The van der Waals surface area contributed by atoms with Crippen LogP contribution in [0.5, 0.6) is 0 Å². The lowest BCUT2D eigenvalue weighted by Crippen LogP contribution is -2.03. The summed E-state index contributed by atoms with van der Waals surface area (Å²) in [7, 11) is -3.70. The van der Waals surface area contributed by atoms with Crippen molar-refractivity contribution in [3.8, 4) is 0 Å². The first-order valence-corrected chi connectivity index (χ1v) is 13.1. The Kier molecular flexibility index (Phi) is 40.7. The molecule has 0 atom stereocenters. The molecule has 0 bridgehead atoms. The van der Waals surface area contributed by atoms with Crippen molar-refractivity contribution in [1.82, 2.24) is 0 Å². The van der Waals surface area contributed by atoms with Crippen molar-refractivity contribution < 1.29 is 52.6 Å². The molecule has 0 aliphatic heterocycles. The smallest absolute Gasteiger partial charge is 0.303 e. The second-order valence-corrected chi connectivity index (χ2v) is 8.49. The molecule has 0 rings (SSSR count). The number of rotatable bonds is 13. The number of carbonyl (C=O) groups is 4. The summed E-state index contributed by atoms with van der Waals surface area (Å²) in [6.45, 7) is 9.41. The van der Waals surface area contributed by atoms with Gasteiger partial charge in [-0.15, -0.1) is 0 Å². The number of hydrogen-bond donors (Lipinski definition) is 5. The Hall–Kier alpha value is -2.21. The predicted molar refractivity (Wildman–Crippen MR) is 131 cm³/mol. The molecule has 0 fully saturated rings. The van der Waals surface area contributed by atoms with Gasteiger partial charge in [0.1, 0.15) is 0 Å². The van der Waals surface area contributed by atoms with E-state index in [0.717, 1.165) is 44.9 Å². The van der Waals surface area contributed by atoms with Gasteiger partial charge >= 0.3 is 23.9 Å². The van der Waals surface area contributed by atoms with Crippen LogP contribution in [-0.2, 0) is 29.3 Å². The summed E-state index contributed by atoms with van der Waals surface area (Å²) in [5.41, 5.74) is 0. The Balaban J connectivity index is -0.000000105. The zero-order valence-corrected chi connectivity index (χ0v) is 22.1. The van der Waals surface area contributed by atoms with Crippen molar-refractivity contribution in [3.63, 3.8) is 0 Å². The molecule has 0 aliphatic carbocycles. The largest absolute Gasteiger partial charge is 0.481 e. The molecule has 0 saturated carbocycles. The molecule has 0 saturated heterocycles. The van der Waals surface area contributed by atoms with Crippen LogP contribution in [0.4, 0.5) is 0 Å². The van der Waals surface area contributed by atoms with Gasteiger partial charge in [0.25, 0.3) is 10.1 Å². The zero-order valence-electron chi connectivity index (χ0n) is 21.3. The van der Waals surface area contributed by atoms with Crippen LogP contribution in [-0.4, -0.2) is 63.0 Å². The first-order chi connectivity index (χ1) is 15.6. The molecule has 0 aromatic rings. The van der Waals surface area contributed by atoms with Crippen LogP contribution in [0.1, 0.15) is 112 Å². The first kappa shape index (κ1) is 42.0. The number of unbranched alkanes of at least 4 members (excludes halogenated alkanes) is 3. The van der Waals surface area contributed by atoms with Gasteiger partial charge in [-0.05, 0) is 32.1 Å². The Morgan fingerprint density at radius 1 is 0.500 bits per heavy atom. The van der Waals surface area contributed by atoms with Gasteiger partial charge in [0, 0.05) is 25.7 Å². The van der Waals surface area contributed by atoms with Crippen LogP contribution in [0.15, 0.2) is 0 Å². The lowest BCUT2D eigenvalue weighted by molar-refractivity contribution is -0.138. The van der Waals surface area contributed by atoms with Gasteiger partial charge in [-0.3, -0.25) is 23.7 Å². The molecule has 0 unspecified atom stereocenters. The van der Waals surface area contributed by atoms with Crippen LogP contribution in [0.3, 0.4) is 0 Å². The lowest BCUT2D eigenvalue weighted by atomic mass is 10.2. The van der Waals surface area contributed by atoms with E-state index in [1.54, 1.807) is 0 Å². The Labute approximate surface area is 204 Å². The molecule has 0 spiro atoms. The van der Waals surface area contributed by atoms with E-state index in [2.05, 4.69) is 0 Å². The lowest BCUT2D eigenvalue weighted by Gasteiger charge is -1.95. The molecule has 12 heteroatoms. The third-order valence-corrected chi connectivity index (χ3v) is 3.92. The number of hydrogen-bond acceptors (Lipinski definition) is 6. The minimum atomic E-state index is -3.70. The summed E-state index contributed by atoms with van der Waals surface area (Å²) in [5, 5.41) is 31.7. The van der Waals surface area contributed by atoms with Crippen LogP contribution >= 0.6 is 0 Å². The molecule has 0 aromatic carbocycles. The van der Waals surface area contributed by atoms with E-state index in [0.29, 0.717) is 32.1 Å². The topological polar surface area (TPSA) is 204 Å². The summed E-state index contributed by atoms with van der Waals surface area (Å²) < 4.78 is 28.6. The molecule has 0 radical (unpaired) electrons. The van der Waals surface area contributed by atoms with Gasteiger partial charge in [0.15, 0.2) is 0 Å². The highest BCUT2D eigenvalue weighted by Crippen LogP contribution is 2.00. The van der Waals surface area contributed by atoms with E-state index in [-0.39, 0.29) is 5.75 Å². The van der Waals surface area contributed by atoms with E-state index in [1.807, 2.05) is 34.6 Å². The molecule has 34 heavy (non-hydrogen) atoms. The quantitative estimate of drug-likeness (QED) is 0.163. The zero-order chi connectivity index (χ0) is 28.0. The van der Waals surface area contributed by atoms with Gasteiger partial charge in [-0.1, -0.05) is 53.9 Å². The van der Waals surface area contributed by atoms with Crippen molar-refractivity contribution in [1.29, 1.82) is 0 Å². The maximum Gasteiger partial charge on any atom is 0.303 e. The van der Waals surface area contributed by atoms with Gasteiger partial charge in [0.05, 0.1) is 5.75 Å². The molecular formula is C22H46O11S. The van der Waals surface area contributed by atoms with Crippen molar-refractivity contribution >= 4 is 34.0 Å². The van der Waals surface area contributed by atoms with Gasteiger partial charge in [0.2, 0.25) is 0 Å². The Morgan fingerprint density at radius 3 is 0.882 bits per heavy atom. The standard InChI is InChI=1S/C6H14O3S.4C4H8O2/c1-2-3-4-5-6-10(7,8)9;4*1-2-3-4(5)6/h2-6H2,1H3,(H,7,8,9);4*2-3H2,1H3,(H,5,6). The van der Waals surface area contributed by atoms with Crippen LogP contribution < -0.4 is 0 Å². The van der Waals surface area contributed by atoms with E-state index in [1.165, 1.54) is 0 Å². The minimum absolute atomic E-state index is 0.0903. The highest BCUT2D eigenvalue weighted by atomic mass is 32.2. The fraction of sp³-hybridized carbons (Fsp3) is 0.818. The van der Waals surface area contributed by atoms with Crippen molar-refractivity contribution in [2.45, 2.75) is 112 Å². The number of carboxylic acid groups (broad SMARTS) is 4. The fourth-order valence-electron chi connectivity index (χ4n) is 1.57. The molecular weight excluding hydrogens is 472 g/mol. The van der Waals surface area contributed by atoms with Gasteiger partial charge in [-0.2, -0.15) is 8.42 Å². The molecule has 5 N–H and O–H groups in total. The average molecular weight is 519 g/mol. The summed E-state index contributed by atoms with van der Waals surface area (Å²) in [4.78, 5) is 38.4. The molecule has 0 heterocycles. The van der Waals surface area contributed by atoms with Crippen LogP contribution in [0, 0.1) is 0 Å². The highest BCUT2D eigenvalue weighted by molar-refractivity contribution is 7.85. The summed E-state index contributed by atoms with van der Waals surface area (Å²) in [5.74, 6) is -2.93. The normalized spacial score (nSPS) is 9.24. The summed E-state index contributed by atoms with van der Waals surface area (Å²) in [6.07, 6.45) is 7.67. The third kappa shape index (κ3) is 87.6. The van der Waals surface area contributed by atoms with Crippen molar-refractivity contribution in [2.24, 2.45) is 0 Å². The number of aliphatic carboxylic acids is 4.